The van der Waals surface area contributed by atoms with Gasteiger partial charge in [-0.1, -0.05) is 45.9 Å². The molecule has 3 nitrogen and oxygen atoms in total. The zero-order chi connectivity index (χ0) is 14.3. The lowest BCUT2D eigenvalue weighted by atomic mass is 10.0. The van der Waals surface area contributed by atoms with Crippen molar-refractivity contribution >= 4 is 11.6 Å². The number of hydrogen-bond acceptors (Lipinski definition) is 2. The highest BCUT2D eigenvalue weighted by molar-refractivity contribution is 5.81. The van der Waals surface area contributed by atoms with Crippen molar-refractivity contribution in [2.24, 2.45) is 0 Å². The Bertz CT molecular complexity index is 397. The molecule has 19 heavy (non-hydrogen) atoms. The molecule has 2 N–H and O–H groups in total. The first-order valence-corrected chi connectivity index (χ1v) is 7.20. The number of para-hydroxylation sites is 1. The Kier molecular flexibility index (Phi) is 6.40. The predicted octanol–water partition coefficient (Wildman–Crippen LogP) is 3.53. The minimum Gasteiger partial charge on any atom is -0.376 e. The number of anilines is 1. The standard InChI is InChI=1S/C16H26N2O/c1-5-13(6-2)18-16(19)11-17-15-10-8-7-9-14(15)12(3)4/h7-10,12-13,17H,5-6,11H2,1-4H3,(H,18,19). The van der Waals surface area contributed by atoms with Crippen molar-refractivity contribution in [1.82, 2.24) is 5.32 Å². The largest absolute Gasteiger partial charge is 0.376 e. The molecule has 3 heteroatoms. The van der Waals surface area contributed by atoms with Crippen molar-refractivity contribution in [3.8, 4) is 0 Å². The summed E-state index contributed by atoms with van der Waals surface area (Å²) >= 11 is 0. The summed E-state index contributed by atoms with van der Waals surface area (Å²) in [5.41, 5.74) is 2.30. The lowest BCUT2D eigenvalue weighted by molar-refractivity contribution is -0.120. The highest BCUT2D eigenvalue weighted by atomic mass is 16.1. The van der Waals surface area contributed by atoms with Crippen LogP contribution >= 0.6 is 0 Å². The second-order valence-electron chi connectivity index (χ2n) is 5.18. The van der Waals surface area contributed by atoms with Crippen LogP contribution in [0.1, 0.15) is 52.0 Å². The van der Waals surface area contributed by atoms with Crippen molar-refractivity contribution in [2.45, 2.75) is 52.5 Å². The third-order valence-corrected chi connectivity index (χ3v) is 3.37. The number of rotatable bonds is 7. The first-order valence-electron chi connectivity index (χ1n) is 7.20. The molecule has 0 radical (unpaired) electrons. The van der Waals surface area contributed by atoms with Crippen molar-refractivity contribution < 1.29 is 4.79 Å². The van der Waals surface area contributed by atoms with E-state index in [0.29, 0.717) is 12.5 Å². The summed E-state index contributed by atoms with van der Waals surface area (Å²) in [4.78, 5) is 11.9. The van der Waals surface area contributed by atoms with Crippen LogP contribution in [-0.2, 0) is 4.79 Å². The van der Waals surface area contributed by atoms with E-state index < -0.39 is 0 Å². The third kappa shape index (κ3) is 4.93. The number of carbonyl (C=O) groups is 1. The van der Waals surface area contributed by atoms with Gasteiger partial charge in [0, 0.05) is 11.7 Å². The van der Waals surface area contributed by atoms with Gasteiger partial charge in [0.15, 0.2) is 0 Å². The van der Waals surface area contributed by atoms with Gasteiger partial charge in [-0.3, -0.25) is 4.79 Å². The van der Waals surface area contributed by atoms with Gasteiger partial charge >= 0.3 is 0 Å². The van der Waals surface area contributed by atoms with Gasteiger partial charge in [0.25, 0.3) is 0 Å². The molecule has 0 unspecified atom stereocenters. The molecular weight excluding hydrogens is 236 g/mol. The zero-order valence-corrected chi connectivity index (χ0v) is 12.5. The average molecular weight is 262 g/mol. The number of nitrogens with one attached hydrogen (secondary N) is 2. The average Bonchev–Trinajstić information content (AvgIpc) is 2.42. The van der Waals surface area contributed by atoms with E-state index in [0.717, 1.165) is 18.5 Å². The minimum absolute atomic E-state index is 0.0623. The van der Waals surface area contributed by atoms with Gasteiger partial charge < -0.3 is 10.6 Å². The maximum absolute atomic E-state index is 11.9. The number of benzene rings is 1. The highest BCUT2D eigenvalue weighted by Crippen LogP contribution is 2.23. The zero-order valence-electron chi connectivity index (χ0n) is 12.5. The van der Waals surface area contributed by atoms with Gasteiger partial charge in [-0.05, 0) is 30.4 Å². The van der Waals surface area contributed by atoms with E-state index in [2.05, 4.69) is 44.4 Å². The van der Waals surface area contributed by atoms with Crippen molar-refractivity contribution in [1.29, 1.82) is 0 Å². The Morgan fingerprint density at radius 2 is 1.79 bits per heavy atom. The molecule has 0 fully saturated rings. The number of carbonyl (C=O) groups excluding carboxylic acids is 1. The topological polar surface area (TPSA) is 41.1 Å². The van der Waals surface area contributed by atoms with Gasteiger partial charge in [-0.2, -0.15) is 0 Å². The molecule has 0 aromatic heterocycles. The van der Waals surface area contributed by atoms with Gasteiger partial charge in [0.2, 0.25) is 5.91 Å². The monoisotopic (exact) mass is 262 g/mol. The van der Waals surface area contributed by atoms with Crippen LogP contribution in [0.3, 0.4) is 0 Å². The summed E-state index contributed by atoms with van der Waals surface area (Å²) in [6.45, 7) is 8.83. The van der Waals surface area contributed by atoms with Crippen LogP contribution in [-0.4, -0.2) is 18.5 Å². The van der Waals surface area contributed by atoms with Gasteiger partial charge in [-0.15, -0.1) is 0 Å². The van der Waals surface area contributed by atoms with Crippen LogP contribution in [0.4, 0.5) is 5.69 Å². The van der Waals surface area contributed by atoms with Gasteiger partial charge in [-0.25, -0.2) is 0 Å². The molecule has 0 atom stereocenters. The van der Waals surface area contributed by atoms with E-state index in [-0.39, 0.29) is 11.9 Å². The van der Waals surface area contributed by atoms with Crippen LogP contribution in [0.15, 0.2) is 24.3 Å². The third-order valence-electron chi connectivity index (χ3n) is 3.37. The smallest absolute Gasteiger partial charge is 0.239 e. The Morgan fingerprint density at radius 1 is 1.16 bits per heavy atom. The Balaban J connectivity index is 2.55. The second-order valence-corrected chi connectivity index (χ2v) is 5.18. The van der Waals surface area contributed by atoms with E-state index >= 15 is 0 Å². The second kappa shape index (κ2) is 7.82. The van der Waals surface area contributed by atoms with E-state index in [1.165, 1.54) is 5.56 Å². The SMILES string of the molecule is CCC(CC)NC(=O)CNc1ccccc1C(C)C. The fourth-order valence-electron chi connectivity index (χ4n) is 2.11. The molecule has 0 aliphatic rings. The molecule has 0 spiro atoms. The summed E-state index contributed by atoms with van der Waals surface area (Å²) in [5, 5.41) is 6.27. The maximum atomic E-state index is 11.9. The lowest BCUT2D eigenvalue weighted by Crippen LogP contribution is -2.37. The van der Waals surface area contributed by atoms with E-state index in [9.17, 15) is 4.79 Å². The maximum Gasteiger partial charge on any atom is 0.239 e. The molecule has 0 saturated heterocycles. The highest BCUT2D eigenvalue weighted by Gasteiger charge is 2.10. The summed E-state index contributed by atoms with van der Waals surface area (Å²) < 4.78 is 0. The van der Waals surface area contributed by atoms with Gasteiger partial charge in [0.05, 0.1) is 6.54 Å². The molecule has 0 heterocycles. The Hall–Kier alpha value is -1.51. The van der Waals surface area contributed by atoms with Crippen molar-refractivity contribution in [3.05, 3.63) is 29.8 Å². The quantitative estimate of drug-likeness (QED) is 0.789. The van der Waals surface area contributed by atoms with Crippen LogP contribution in [0, 0.1) is 0 Å². The molecule has 1 amide bonds. The normalized spacial score (nSPS) is 10.8. The fraction of sp³-hybridized carbons (Fsp3) is 0.562. The molecule has 0 aliphatic carbocycles. The van der Waals surface area contributed by atoms with E-state index in [1.54, 1.807) is 0 Å². The summed E-state index contributed by atoms with van der Waals surface area (Å²) in [6.07, 6.45) is 1.95. The Labute approximate surface area is 116 Å². The Morgan fingerprint density at radius 3 is 2.37 bits per heavy atom. The first kappa shape index (κ1) is 15.5. The molecule has 106 valence electrons. The molecule has 1 aromatic rings. The van der Waals surface area contributed by atoms with Crippen LogP contribution < -0.4 is 10.6 Å². The van der Waals surface area contributed by atoms with Crippen LogP contribution in [0.2, 0.25) is 0 Å². The molecule has 1 rings (SSSR count). The van der Waals surface area contributed by atoms with E-state index in [1.807, 2.05) is 18.2 Å². The van der Waals surface area contributed by atoms with Crippen molar-refractivity contribution in [3.63, 3.8) is 0 Å². The summed E-state index contributed by atoms with van der Waals surface area (Å²) in [7, 11) is 0. The molecule has 0 aliphatic heterocycles. The molecule has 0 saturated carbocycles. The summed E-state index contributed by atoms with van der Waals surface area (Å²) in [6, 6.07) is 8.44. The van der Waals surface area contributed by atoms with Crippen LogP contribution in [0.25, 0.3) is 0 Å². The molecule has 0 bridgehead atoms. The summed E-state index contributed by atoms with van der Waals surface area (Å²) in [5.74, 6) is 0.512. The minimum atomic E-state index is 0.0623. The fourth-order valence-corrected chi connectivity index (χ4v) is 2.11. The molecular formula is C16H26N2O. The first-order chi connectivity index (χ1) is 9.08. The predicted molar refractivity (Wildman–Crippen MR) is 81.5 cm³/mol. The van der Waals surface area contributed by atoms with Gasteiger partial charge in [0.1, 0.15) is 0 Å². The lowest BCUT2D eigenvalue weighted by Gasteiger charge is -2.17. The van der Waals surface area contributed by atoms with Crippen molar-refractivity contribution in [2.75, 3.05) is 11.9 Å². The molecule has 1 aromatic carbocycles. The van der Waals surface area contributed by atoms with Crippen LogP contribution in [0.5, 0.6) is 0 Å². The van der Waals surface area contributed by atoms with E-state index in [4.69, 9.17) is 0 Å². The number of hydrogen-bond donors (Lipinski definition) is 2. The number of amides is 1.